The molecule has 4 nitrogen and oxygen atoms in total. The lowest BCUT2D eigenvalue weighted by Gasteiger charge is -2.21. The van der Waals surface area contributed by atoms with Gasteiger partial charge in [-0.2, -0.15) is 4.99 Å². The van der Waals surface area contributed by atoms with E-state index in [9.17, 15) is 9.59 Å². The lowest BCUT2D eigenvalue weighted by atomic mass is 9.96. The van der Waals surface area contributed by atoms with Crippen LogP contribution < -0.4 is 0 Å². The first-order chi connectivity index (χ1) is 16.2. The summed E-state index contributed by atoms with van der Waals surface area (Å²) in [6, 6.07) is 16.6. The van der Waals surface area contributed by atoms with Gasteiger partial charge in [-0.3, -0.25) is 14.5 Å². The zero-order valence-electron chi connectivity index (χ0n) is 21.4. The SMILES string of the molecule is CC(C)Cc1ccc([C@@H](C)C(=O)N=C2SCCN2C(=O)[C@H](C)c2ccc(CC(C)C)cc2)cc1. The summed E-state index contributed by atoms with van der Waals surface area (Å²) in [6.45, 7) is 13.2. The molecule has 2 amide bonds. The van der Waals surface area contributed by atoms with Crippen LogP contribution in [-0.4, -0.2) is 34.2 Å². The molecule has 182 valence electrons. The van der Waals surface area contributed by atoms with Crippen LogP contribution >= 0.6 is 11.8 Å². The predicted molar refractivity (Wildman–Crippen MR) is 143 cm³/mol. The second-order valence-electron chi connectivity index (χ2n) is 10.2. The van der Waals surface area contributed by atoms with Crippen LogP contribution in [0, 0.1) is 11.8 Å². The standard InChI is InChI=1S/C29H38N2O2S/c1-19(2)17-23-7-11-25(12-8-23)21(5)27(32)30-29-31(15-16-34-29)28(33)22(6)26-13-9-24(10-14-26)18-20(3)4/h7-14,19-22H,15-18H2,1-6H3/t21-,22-/m1/s1. The number of hydrogen-bond donors (Lipinski definition) is 0. The van der Waals surface area contributed by atoms with Crippen LogP contribution in [0.4, 0.5) is 0 Å². The van der Waals surface area contributed by atoms with E-state index in [1.165, 1.54) is 22.9 Å². The van der Waals surface area contributed by atoms with Crippen molar-refractivity contribution in [1.82, 2.24) is 4.90 Å². The fraction of sp³-hybridized carbons (Fsp3) is 0.483. The van der Waals surface area contributed by atoms with E-state index in [0.717, 1.165) is 29.7 Å². The highest BCUT2D eigenvalue weighted by molar-refractivity contribution is 8.14. The predicted octanol–water partition coefficient (Wildman–Crippen LogP) is 6.45. The monoisotopic (exact) mass is 478 g/mol. The van der Waals surface area contributed by atoms with Gasteiger partial charge in [-0.15, -0.1) is 0 Å². The maximum atomic E-state index is 13.3. The van der Waals surface area contributed by atoms with Crippen molar-refractivity contribution in [3.8, 4) is 0 Å². The smallest absolute Gasteiger partial charge is 0.255 e. The van der Waals surface area contributed by atoms with Crippen LogP contribution in [0.3, 0.4) is 0 Å². The van der Waals surface area contributed by atoms with Gasteiger partial charge in [-0.25, -0.2) is 0 Å². The van der Waals surface area contributed by atoms with Crippen LogP contribution in [0.15, 0.2) is 53.5 Å². The van der Waals surface area contributed by atoms with E-state index in [1.54, 1.807) is 4.90 Å². The fourth-order valence-corrected chi connectivity index (χ4v) is 5.18. The first kappa shape index (κ1) is 26.2. The van der Waals surface area contributed by atoms with Crippen molar-refractivity contribution in [3.63, 3.8) is 0 Å². The first-order valence-corrected chi connectivity index (χ1v) is 13.4. The first-order valence-electron chi connectivity index (χ1n) is 12.4. The Morgan fingerprint density at radius 1 is 0.794 bits per heavy atom. The van der Waals surface area contributed by atoms with Crippen molar-refractivity contribution in [2.24, 2.45) is 16.8 Å². The highest BCUT2D eigenvalue weighted by Crippen LogP contribution is 2.27. The number of nitrogens with zero attached hydrogens (tertiary/aromatic N) is 2. The highest BCUT2D eigenvalue weighted by atomic mass is 32.2. The van der Waals surface area contributed by atoms with E-state index in [-0.39, 0.29) is 23.7 Å². The van der Waals surface area contributed by atoms with Crippen molar-refractivity contribution in [1.29, 1.82) is 0 Å². The molecule has 0 radical (unpaired) electrons. The number of carbonyl (C=O) groups excluding carboxylic acids is 2. The average molecular weight is 479 g/mol. The molecule has 2 atom stereocenters. The molecule has 0 saturated carbocycles. The molecule has 0 bridgehead atoms. The van der Waals surface area contributed by atoms with E-state index in [2.05, 4.69) is 69.1 Å². The average Bonchev–Trinajstić information content (AvgIpc) is 3.26. The number of thioether (sulfide) groups is 1. The molecule has 0 N–H and O–H groups in total. The van der Waals surface area contributed by atoms with Crippen molar-refractivity contribution < 1.29 is 9.59 Å². The second-order valence-corrected chi connectivity index (χ2v) is 11.3. The molecule has 0 aromatic heterocycles. The van der Waals surface area contributed by atoms with Crippen molar-refractivity contribution in [2.45, 2.75) is 66.2 Å². The zero-order chi connectivity index (χ0) is 24.8. The van der Waals surface area contributed by atoms with Crippen molar-refractivity contribution in [3.05, 3.63) is 70.8 Å². The van der Waals surface area contributed by atoms with Gasteiger partial charge >= 0.3 is 0 Å². The van der Waals surface area contributed by atoms with Gasteiger partial charge in [0, 0.05) is 12.3 Å². The van der Waals surface area contributed by atoms with Crippen LogP contribution in [0.5, 0.6) is 0 Å². The Kier molecular flexibility index (Phi) is 9.12. The minimum atomic E-state index is -0.343. The van der Waals surface area contributed by atoms with E-state index in [1.807, 2.05) is 26.0 Å². The van der Waals surface area contributed by atoms with E-state index >= 15 is 0 Å². The summed E-state index contributed by atoms with van der Waals surface area (Å²) in [6.07, 6.45) is 2.06. The van der Waals surface area contributed by atoms with Crippen LogP contribution in [0.2, 0.25) is 0 Å². The van der Waals surface area contributed by atoms with E-state index in [0.29, 0.717) is 23.5 Å². The molecule has 1 aliphatic rings. The molecule has 0 spiro atoms. The molecule has 0 unspecified atom stereocenters. The van der Waals surface area contributed by atoms with Gasteiger partial charge in [0.1, 0.15) is 0 Å². The van der Waals surface area contributed by atoms with Crippen LogP contribution in [0.25, 0.3) is 0 Å². The number of amidine groups is 1. The quantitative estimate of drug-likeness (QED) is 0.438. The summed E-state index contributed by atoms with van der Waals surface area (Å²) < 4.78 is 0. The Morgan fingerprint density at radius 3 is 1.74 bits per heavy atom. The summed E-state index contributed by atoms with van der Waals surface area (Å²) in [4.78, 5) is 32.3. The maximum absolute atomic E-state index is 13.3. The van der Waals surface area contributed by atoms with Gasteiger partial charge in [0.25, 0.3) is 5.91 Å². The normalized spacial score (nSPS) is 16.9. The van der Waals surface area contributed by atoms with Gasteiger partial charge in [0.15, 0.2) is 5.17 Å². The van der Waals surface area contributed by atoms with Crippen molar-refractivity contribution in [2.75, 3.05) is 12.3 Å². The largest absolute Gasteiger partial charge is 0.290 e. The maximum Gasteiger partial charge on any atom is 0.255 e. The third kappa shape index (κ3) is 6.82. The molecule has 5 heteroatoms. The minimum Gasteiger partial charge on any atom is -0.290 e. The Balaban J connectivity index is 1.68. The van der Waals surface area contributed by atoms with Gasteiger partial charge < -0.3 is 0 Å². The summed E-state index contributed by atoms with van der Waals surface area (Å²) >= 11 is 1.49. The molecule has 2 aromatic carbocycles. The molecule has 1 fully saturated rings. The molecule has 1 heterocycles. The van der Waals surface area contributed by atoms with Gasteiger partial charge in [-0.05, 0) is 60.8 Å². The second kappa shape index (κ2) is 11.8. The fourth-order valence-electron chi connectivity index (χ4n) is 4.24. The Labute approximate surface area is 209 Å². The summed E-state index contributed by atoms with van der Waals surface area (Å²) in [7, 11) is 0. The number of amides is 2. The number of hydrogen-bond acceptors (Lipinski definition) is 3. The van der Waals surface area contributed by atoms with Crippen molar-refractivity contribution >= 4 is 28.7 Å². The Morgan fingerprint density at radius 2 is 1.26 bits per heavy atom. The summed E-state index contributed by atoms with van der Waals surface area (Å²) in [5, 5.41) is 0.529. The molecule has 1 aliphatic heterocycles. The molecule has 1 saturated heterocycles. The highest BCUT2D eigenvalue weighted by Gasteiger charge is 2.31. The lowest BCUT2D eigenvalue weighted by Crippen LogP contribution is -2.35. The number of aliphatic imine (C=N–C) groups is 1. The zero-order valence-corrected chi connectivity index (χ0v) is 22.2. The van der Waals surface area contributed by atoms with Gasteiger partial charge in [0.05, 0.1) is 11.8 Å². The number of carbonyl (C=O) groups is 2. The van der Waals surface area contributed by atoms with Gasteiger partial charge in [0.2, 0.25) is 5.91 Å². The molecule has 2 aromatic rings. The Bertz CT molecular complexity index is 1010. The van der Waals surface area contributed by atoms with E-state index in [4.69, 9.17) is 0 Å². The molecule has 0 aliphatic carbocycles. The molecule has 34 heavy (non-hydrogen) atoms. The van der Waals surface area contributed by atoms with E-state index < -0.39 is 0 Å². The lowest BCUT2D eigenvalue weighted by molar-refractivity contribution is -0.128. The number of rotatable bonds is 8. The van der Waals surface area contributed by atoms with Crippen LogP contribution in [0.1, 0.15) is 75.6 Å². The molecular formula is C29H38N2O2S. The minimum absolute atomic E-state index is 0.00106. The topological polar surface area (TPSA) is 49.7 Å². The third-order valence-corrected chi connectivity index (χ3v) is 7.19. The molecular weight excluding hydrogens is 440 g/mol. The Hall–Kier alpha value is -2.40. The van der Waals surface area contributed by atoms with Crippen LogP contribution in [-0.2, 0) is 22.4 Å². The third-order valence-electron chi connectivity index (χ3n) is 6.24. The summed E-state index contributed by atoms with van der Waals surface area (Å²) in [5.41, 5.74) is 4.51. The number of benzene rings is 2. The summed E-state index contributed by atoms with van der Waals surface area (Å²) in [5.74, 6) is 1.13. The molecule has 3 rings (SSSR count). The van der Waals surface area contributed by atoms with Gasteiger partial charge in [-0.1, -0.05) is 88.0 Å².